The van der Waals surface area contributed by atoms with Crippen LogP contribution in [0.3, 0.4) is 0 Å². The number of rotatable bonds is 9. The van der Waals surface area contributed by atoms with Gasteiger partial charge in [0.25, 0.3) is 5.91 Å². The van der Waals surface area contributed by atoms with Crippen molar-refractivity contribution >= 4 is 21.7 Å². The van der Waals surface area contributed by atoms with Gasteiger partial charge in [-0.05, 0) is 36.2 Å². The second-order valence-corrected chi connectivity index (χ2v) is 8.27. The van der Waals surface area contributed by atoms with Crippen LogP contribution < -0.4 is 5.32 Å². The van der Waals surface area contributed by atoms with E-state index in [-0.39, 0.29) is 16.2 Å². The minimum Gasteiger partial charge on any atom is -0.480 e. The van der Waals surface area contributed by atoms with Crippen LogP contribution in [0.4, 0.5) is 0 Å². The van der Waals surface area contributed by atoms with Crippen LogP contribution in [-0.4, -0.2) is 31.4 Å². The molecule has 144 valence electrons. The predicted molar refractivity (Wildman–Crippen MR) is 102 cm³/mol. The third kappa shape index (κ3) is 5.92. The Morgan fingerprint density at radius 2 is 1.67 bits per heavy atom. The van der Waals surface area contributed by atoms with Gasteiger partial charge in [0.05, 0.1) is 10.6 Å². The highest BCUT2D eigenvalue weighted by atomic mass is 32.2. The highest BCUT2D eigenvalue weighted by molar-refractivity contribution is 7.90. The number of carboxylic acid groups (broad SMARTS) is 1. The Morgan fingerprint density at radius 3 is 2.22 bits per heavy atom. The summed E-state index contributed by atoms with van der Waals surface area (Å²) < 4.78 is 25.0. The molecular weight excluding hydrogens is 366 g/mol. The number of carbonyl (C=O) groups excluding carboxylic acids is 1. The molecule has 6 nitrogen and oxygen atoms in total. The standard InChI is InChI=1S/C20H23NO5S/c1-2-3-9-18(20(23)24)21-19(22)16-10-12-17(13-11-16)27(25,26)14-15-7-5-4-6-8-15/h4-8,10-13,18H,2-3,9,14H2,1H3,(H,21,22)(H,23,24). The van der Waals surface area contributed by atoms with Crippen LogP contribution in [-0.2, 0) is 20.4 Å². The molecule has 0 heterocycles. The molecule has 2 rings (SSSR count). The van der Waals surface area contributed by atoms with Gasteiger partial charge in [-0.1, -0.05) is 50.1 Å². The Hall–Kier alpha value is -2.67. The Morgan fingerprint density at radius 1 is 1.04 bits per heavy atom. The summed E-state index contributed by atoms with van der Waals surface area (Å²) in [6, 6.07) is 13.4. The molecule has 1 unspecified atom stereocenters. The van der Waals surface area contributed by atoms with E-state index in [1.807, 2.05) is 13.0 Å². The van der Waals surface area contributed by atoms with Gasteiger partial charge >= 0.3 is 5.97 Å². The maximum Gasteiger partial charge on any atom is 0.326 e. The van der Waals surface area contributed by atoms with Crippen molar-refractivity contribution in [3.8, 4) is 0 Å². The van der Waals surface area contributed by atoms with Crippen molar-refractivity contribution in [3.05, 3.63) is 65.7 Å². The molecule has 27 heavy (non-hydrogen) atoms. The first-order chi connectivity index (χ1) is 12.8. The molecule has 0 aliphatic heterocycles. The number of hydrogen-bond acceptors (Lipinski definition) is 4. The van der Waals surface area contributed by atoms with Gasteiger partial charge in [-0.15, -0.1) is 0 Å². The van der Waals surface area contributed by atoms with Crippen LogP contribution >= 0.6 is 0 Å². The van der Waals surface area contributed by atoms with Crippen LogP contribution in [0.1, 0.15) is 42.1 Å². The zero-order chi connectivity index (χ0) is 19.9. The number of nitrogens with one attached hydrogen (secondary N) is 1. The number of carboxylic acids is 1. The first kappa shape index (κ1) is 20.6. The molecule has 7 heteroatoms. The lowest BCUT2D eigenvalue weighted by Crippen LogP contribution is -2.40. The second kappa shape index (κ2) is 9.32. The fraction of sp³-hybridized carbons (Fsp3) is 0.300. The van der Waals surface area contributed by atoms with E-state index in [1.165, 1.54) is 24.3 Å². The number of carbonyl (C=O) groups is 2. The number of amides is 1. The van der Waals surface area contributed by atoms with Gasteiger partial charge in [0.1, 0.15) is 6.04 Å². The molecule has 2 aromatic carbocycles. The molecule has 1 atom stereocenters. The zero-order valence-electron chi connectivity index (χ0n) is 15.1. The van der Waals surface area contributed by atoms with Gasteiger partial charge in [0.2, 0.25) is 0 Å². The quantitative estimate of drug-likeness (QED) is 0.686. The van der Waals surface area contributed by atoms with Crippen molar-refractivity contribution in [2.75, 3.05) is 0 Å². The Balaban J connectivity index is 2.09. The monoisotopic (exact) mass is 389 g/mol. The lowest BCUT2D eigenvalue weighted by Gasteiger charge is -2.14. The maximum atomic E-state index is 12.5. The summed E-state index contributed by atoms with van der Waals surface area (Å²) in [6.45, 7) is 1.94. The minimum absolute atomic E-state index is 0.115. The molecule has 2 N–H and O–H groups in total. The summed E-state index contributed by atoms with van der Waals surface area (Å²) in [7, 11) is -3.53. The summed E-state index contributed by atoms with van der Waals surface area (Å²) >= 11 is 0. The smallest absolute Gasteiger partial charge is 0.326 e. The summed E-state index contributed by atoms with van der Waals surface area (Å²) in [5.74, 6) is -1.75. The van der Waals surface area contributed by atoms with E-state index >= 15 is 0 Å². The van der Waals surface area contributed by atoms with Crippen molar-refractivity contribution < 1.29 is 23.1 Å². The SMILES string of the molecule is CCCCC(NC(=O)c1ccc(S(=O)(=O)Cc2ccccc2)cc1)C(=O)O. The van der Waals surface area contributed by atoms with Crippen LogP contribution in [0.15, 0.2) is 59.5 Å². The Labute approximate surface area is 159 Å². The van der Waals surface area contributed by atoms with Crippen LogP contribution in [0.2, 0.25) is 0 Å². The van der Waals surface area contributed by atoms with Crippen molar-refractivity contribution in [1.82, 2.24) is 5.32 Å². The number of unbranched alkanes of at least 4 members (excludes halogenated alkanes) is 1. The van der Waals surface area contributed by atoms with Gasteiger partial charge in [-0.25, -0.2) is 13.2 Å². The largest absolute Gasteiger partial charge is 0.480 e. The molecule has 1 amide bonds. The normalized spacial score (nSPS) is 12.3. The number of benzene rings is 2. The van der Waals surface area contributed by atoms with Crippen LogP contribution in [0.25, 0.3) is 0 Å². The molecular formula is C20H23NO5S. The zero-order valence-corrected chi connectivity index (χ0v) is 15.9. The molecule has 2 aromatic rings. The van der Waals surface area contributed by atoms with Crippen LogP contribution in [0, 0.1) is 0 Å². The molecule has 0 radical (unpaired) electrons. The average molecular weight is 389 g/mol. The lowest BCUT2D eigenvalue weighted by molar-refractivity contribution is -0.139. The first-order valence-corrected chi connectivity index (χ1v) is 10.4. The number of sulfone groups is 1. The molecule has 0 saturated heterocycles. The van der Waals surface area contributed by atoms with Gasteiger partial charge in [0, 0.05) is 5.56 Å². The fourth-order valence-electron chi connectivity index (χ4n) is 2.60. The van der Waals surface area contributed by atoms with Crippen molar-refractivity contribution in [1.29, 1.82) is 0 Å². The predicted octanol–water partition coefficient (Wildman–Crippen LogP) is 3.03. The van der Waals surface area contributed by atoms with Gasteiger partial charge in [-0.3, -0.25) is 4.79 Å². The summed E-state index contributed by atoms with van der Waals surface area (Å²) in [4.78, 5) is 23.6. The van der Waals surface area contributed by atoms with Crippen molar-refractivity contribution in [3.63, 3.8) is 0 Å². The van der Waals surface area contributed by atoms with Crippen molar-refractivity contribution in [2.24, 2.45) is 0 Å². The molecule has 0 saturated carbocycles. The summed E-state index contributed by atoms with van der Waals surface area (Å²) in [6.07, 6.45) is 1.86. The highest BCUT2D eigenvalue weighted by Crippen LogP contribution is 2.17. The van der Waals surface area contributed by atoms with Crippen molar-refractivity contribution in [2.45, 2.75) is 42.9 Å². The van der Waals surface area contributed by atoms with E-state index in [0.29, 0.717) is 18.4 Å². The molecule has 0 aromatic heterocycles. The second-order valence-electron chi connectivity index (χ2n) is 6.28. The molecule has 0 aliphatic rings. The topological polar surface area (TPSA) is 101 Å². The summed E-state index contributed by atoms with van der Waals surface area (Å²) in [5.41, 5.74) is 0.899. The van der Waals surface area contributed by atoms with Gasteiger partial charge < -0.3 is 10.4 Å². The Bertz CT molecular complexity index is 876. The van der Waals surface area contributed by atoms with Gasteiger partial charge in [0.15, 0.2) is 9.84 Å². The van der Waals surface area contributed by atoms with E-state index in [2.05, 4.69) is 5.32 Å². The average Bonchev–Trinajstić information content (AvgIpc) is 2.65. The first-order valence-electron chi connectivity index (χ1n) is 8.74. The molecule has 0 aliphatic carbocycles. The van der Waals surface area contributed by atoms with Gasteiger partial charge in [-0.2, -0.15) is 0 Å². The molecule has 0 fully saturated rings. The number of hydrogen-bond donors (Lipinski definition) is 2. The molecule has 0 spiro atoms. The third-order valence-corrected chi connectivity index (χ3v) is 5.83. The number of aliphatic carboxylic acids is 1. The van der Waals surface area contributed by atoms with E-state index in [9.17, 15) is 23.1 Å². The third-order valence-electron chi connectivity index (χ3n) is 4.12. The highest BCUT2D eigenvalue weighted by Gasteiger charge is 2.21. The summed E-state index contributed by atoms with van der Waals surface area (Å²) in [5, 5.41) is 11.7. The van der Waals surface area contributed by atoms with Crippen LogP contribution in [0.5, 0.6) is 0 Å². The van der Waals surface area contributed by atoms with E-state index in [0.717, 1.165) is 6.42 Å². The van der Waals surface area contributed by atoms with E-state index in [4.69, 9.17) is 0 Å². The van der Waals surface area contributed by atoms with E-state index < -0.39 is 27.8 Å². The lowest BCUT2D eigenvalue weighted by atomic mass is 10.1. The fourth-order valence-corrected chi connectivity index (χ4v) is 3.95. The maximum absolute atomic E-state index is 12.5. The Kier molecular flexibility index (Phi) is 7.12. The molecule has 0 bridgehead atoms. The minimum atomic E-state index is -3.53. The van der Waals surface area contributed by atoms with E-state index in [1.54, 1.807) is 24.3 Å².